The number of benzene rings is 3. The van der Waals surface area contributed by atoms with Gasteiger partial charge in [-0.1, -0.05) is 36.4 Å². The van der Waals surface area contributed by atoms with E-state index in [1.165, 1.54) is 0 Å². The van der Waals surface area contributed by atoms with Crippen LogP contribution >= 0.6 is 0 Å². The monoisotopic (exact) mass is 636 g/mol. The van der Waals surface area contributed by atoms with Gasteiger partial charge in [0, 0.05) is 48.2 Å². The third-order valence-corrected chi connectivity index (χ3v) is 8.92. The fourth-order valence-electron chi connectivity index (χ4n) is 6.12. The fourth-order valence-corrected chi connectivity index (χ4v) is 6.12. The number of tetrazole rings is 1. The van der Waals surface area contributed by atoms with Crippen LogP contribution in [0.5, 0.6) is 0 Å². The molecule has 3 aromatic carbocycles. The third-order valence-electron chi connectivity index (χ3n) is 8.92. The van der Waals surface area contributed by atoms with Crippen LogP contribution in [-0.4, -0.2) is 76.9 Å². The Labute approximate surface area is 275 Å². The summed E-state index contributed by atoms with van der Waals surface area (Å²) < 4.78 is 0. The van der Waals surface area contributed by atoms with E-state index in [0.29, 0.717) is 42.5 Å². The van der Waals surface area contributed by atoms with Crippen molar-refractivity contribution in [2.75, 3.05) is 39.0 Å². The van der Waals surface area contributed by atoms with Gasteiger partial charge in [-0.15, -0.1) is 10.2 Å². The highest BCUT2D eigenvalue weighted by atomic mass is 16.2. The molecule has 11 heteroatoms. The number of H-pyrrole nitrogens is 1. The van der Waals surface area contributed by atoms with Crippen LogP contribution in [0, 0.1) is 17.8 Å². The first-order valence-electron chi connectivity index (χ1n) is 16.3. The average Bonchev–Trinajstić information content (AvgIpc) is 3.64. The minimum Gasteiger partial charge on any atom is -0.351 e. The van der Waals surface area contributed by atoms with Crippen molar-refractivity contribution >= 4 is 23.3 Å². The van der Waals surface area contributed by atoms with Gasteiger partial charge in [0.05, 0.1) is 0 Å². The Morgan fingerprint density at radius 1 is 0.936 bits per heavy atom. The summed E-state index contributed by atoms with van der Waals surface area (Å²) in [4.78, 5) is 42.1. The van der Waals surface area contributed by atoms with Gasteiger partial charge in [0.25, 0.3) is 5.91 Å². The van der Waals surface area contributed by atoms with Crippen LogP contribution in [0.4, 0.5) is 5.69 Å². The van der Waals surface area contributed by atoms with Gasteiger partial charge in [-0.2, -0.15) is 5.21 Å². The van der Waals surface area contributed by atoms with Gasteiger partial charge in [-0.25, -0.2) is 0 Å². The van der Waals surface area contributed by atoms with Gasteiger partial charge in [0.15, 0.2) is 0 Å². The van der Waals surface area contributed by atoms with Crippen LogP contribution in [0.1, 0.15) is 48.0 Å². The maximum atomic E-state index is 13.8. The molecule has 11 nitrogen and oxygen atoms in total. The molecule has 1 aliphatic carbocycles. The molecule has 4 aromatic rings. The summed E-state index contributed by atoms with van der Waals surface area (Å²) in [7, 11) is 3.93. The number of anilines is 1. The summed E-state index contributed by atoms with van der Waals surface area (Å²) in [5, 5.41) is 20.0. The van der Waals surface area contributed by atoms with Gasteiger partial charge in [-0.3, -0.25) is 14.4 Å². The first-order valence-corrected chi connectivity index (χ1v) is 16.3. The minimum atomic E-state index is -0.560. The molecule has 5 rings (SSSR count). The van der Waals surface area contributed by atoms with Crippen molar-refractivity contribution < 1.29 is 14.4 Å². The molecule has 1 atom stereocenters. The van der Waals surface area contributed by atoms with Crippen LogP contribution in [0.15, 0.2) is 72.8 Å². The molecule has 1 aromatic heterocycles. The lowest BCUT2D eigenvalue weighted by atomic mass is 9.77. The summed E-state index contributed by atoms with van der Waals surface area (Å²) in [6.07, 6.45) is 4.10. The number of aromatic amines is 1. The first-order chi connectivity index (χ1) is 22.8. The zero-order valence-electron chi connectivity index (χ0n) is 27.1. The fraction of sp³-hybridized carbons (Fsp3) is 0.389. The Morgan fingerprint density at radius 2 is 1.66 bits per heavy atom. The molecule has 1 aliphatic rings. The number of carbonyl (C=O) groups excluding carboxylic acids is 3. The number of hydrogen-bond acceptors (Lipinski definition) is 8. The molecule has 246 valence electrons. The lowest BCUT2D eigenvalue weighted by molar-refractivity contribution is -0.129. The molecule has 0 spiro atoms. The number of rotatable bonds is 14. The second-order valence-electron chi connectivity index (χ2n) is 12.7. The third kappa shape index (κ3) is 9.40. The first kappa shape index (κ1) is 33.6. The van der Waals surface area contributed by atoms with Crippen molar-refractivity contribution in [3.05, 3.63) is 83.9 Å². The van der Waals surface area contributed by atoms with Crippen LogP contribution in [-0.2, 0) is 16.0 Å². The summed E-state index contributed by atoms with van der Waals surface area (Å²) in [6, 6.07) is 22.7. The molecule has 47 heavy (non-hydrogen) atoms. The van der Waals surface area contributed by atoms with E-state index in [2.05, 4.69) is 31.3 Å². The van der Waals surface area contributed by atoms with Gasteiger partial charge in [-0.05, 0) is 117 Å². The summed E-state index contributed by atoms with van der Waals surface area (Å²) >= 11 is 0. The van der Waals surface area contributed by atoms with E-state index in [1.807, 2.05) is 73.6 Å². The van der Waals surface area contributed by atoms with Gasteiger partial charge in [0.1, 0.15) is 5.78 Å². The molecule has 1 saturated carbocycles. The summed E-state index contributed by atoms with van der Waals surface area (Å²) in [6.45, 7) is 1.97. The van der Waals surface area contributed by atoms with Crippen molar-refractivity contribution in [1.82, 2.24) is 30.8 Å². The van der Waals surface area contributed by atoms with Crippen molar-refractivity contribution in [2.24, 2.45) is 23.5 Å². The predicted molar refractivity (Wildman–Crippen MR) is 182 cm³/mol. The van der Waals surface area contributed by atoms with E-state index in [1.54, 1.807) is 18.2 Å². The maximum Gasteiger partial charge on any atom is 0.251 e. The second kappa shape index (κ2) is 16.2. The minimum absolute atomic E-state index is 0.0414. The number of Topliss-reactive ketones (excluding diaryl/α,β-unsaturated/α-hetero) is 1. The number of likely N-dealkylation sites (N-methyl/N-ethyl adjacent to an activating group) is 1. The molecule has 5 N–H and O–H groups in total. The van der Waals surface area contributed by atoms with E-state index in [4.69, 9.17) is 5.73 Å². The highest BCUT2D eigenvalue weighted by Gasteiger charge is 2.30. The van der Waals surface area contributed by atoms with E-state index in [-0.39, 0.29) is 29.9 Å². The Bertz CT molecular complexity index is 1630. The predicted octanol–water partition coefficient (Wildman–Crippen LogP) is 4.35. The molecule has 2 amide bonds. The van der Waals surface area contributed by atoms with E-state index in [0.717, 1.165) is 54.5 Å². The van der Waals surface area contributed by atoms with E-state index < -0.39 is 5.92 Å². The molecule has 0 radical (unpaired) electrons. The number of ketones is 1. The number of hydrogen-bond donors (Lipinski definition) is 4. The summed E-state index contributed by atoms with van der Waals surface area (Å²) in [5.74, 6) is 0.146. The van der Waals surface area contributed by atoms with Gasteiger partial charge < -0.3 is 21.3 Å². The normalized spacial score (nSPS) is 16.9. The smallest absolute Gasteiger partial charge is 0.251 e. The van der Waals surface area contributed by atoms with Gasteiger partial charge in [0.2, 0.25) is 11.7 Å². The Morgan fingerprint density at radius 3 is 2.34 bits per heavy atom. The standard InChI is InChI=1S/C36H44N8O3/c1-44(2)18-17-38-35(46)30-8-4-7-29(21-30)28-6-3-5-25(19-28)20-31(22-33(45)26-11-9-24(23-37)10-12-26)36(47)39-32-15-13-27(14-16-32)34-40-42-43-41-34/h3-8,13-16,19,21,24,26,31H,9-12,17-18,20,22-23,37H2,1-2H3,(H,38,46)(H,39,47)(H,40,41,42,43)/t24?,26?,31-/m1/s1. The Kier molecular flexibility index (Phi) is 11.6. The Hall–Kier alpha value is -4.74. The number of nitrogens with one attached hydrogen (secondary N) is 3. The molecule has 0 unspecified atom stereocenters. The average molecular weight is 637 g/mol. The van der Waals surface area contributed by atoms with Crippen LogP contribution < -0.4 is 16.4 Å². The molecule has 0 saturated heterocycles. The van der Waals surface area contributed by atoms with Crippen LogP contribution in [0.25, 0.3) is 22.5 Å². The summed E-state index contributed by atoms with van der Waals surface area (Å²) in [5.41, 5.74) is 10.6. The van der Waals surface area contributed by atoms with E-state index in [9.17, 15) is 14.4 Å². The van der Waals surface area contributed by atoms with Crippen molar-refractivity contribution in [1.29, 1.82) is 0 Å². The van der Waals surface area contributed by atoms with Crippen LogP contribution in [0.3, 0.4) is 0 Å². The molecule has 1 fully saturated rings. The molecule has 0 bridgehead atoms. The topological polar surface area (TPSA) is 159 Å². The lowest BCUT2D eigenvalue weighted by Gasteiger charge is -2.27. The SMILES string of the molecule is CN(C)CCNC(=O)c1cccc(-c2cccc(C[C@H](CC(=O)C3CCC(CN)CC3)C(=O)Nc3ccc(-c4nn[nH]n4)cc3)c2)c1. The quantitative estimate of drug-likeness (QED) is 0.159. The number of aromatic nitrogens is 4. The lowest BCUT2D eigenvalue weighted by Crippen LogP contribution is -2.31. The van der Waals surface area contributed by atoms with Gasteiger partial charge >= 0.3 is 0 Å². The second-order valence-corrected chi connectivity index (χ2v) is 12.7. The largest absolute Gasteiger partial charge is 0.351 e. The molecular weight excluding hydrogens is 592 g/mol. The maximum absolute atomic E-state index is 13.8. The molecule has 0 aliphatic heterocycles. The van der Waals surface area contributed by atoms with E-state index >= 15 is 0 Å². The number of carbonyl (C=O) groups is 3. The Balaban J connectivity index is 1.32. The van der Waals surface area contributed by atoms with Crippen molar-refractivity contribution in [3.8, 4) is 22.5 Å². The van der Waals surface area contributed by atoms with Crippen LogP contribution in [0.2, 0.25) is 0 Å². The van der Waals surface area contributed by atoms with Crippen molar-refractivity contribution in [2.45, 2.75) is 38.5 Å². The highest BCUT2D eigenvalue weighted by molar-refractivity contribution is 5.97. The number of amides is 2. The van der Waals surface area contributed by atoms with Crippen molar-refractivity contribution in [3.63, 3.8) is 0 Å². The highest BCUT2D eigenvalue weighted by Crippen LogP contribution is 2.31. The zero-order valence-corrected chi connectivity index (χ0v) is 27.1. The number of nitrogens with two attached hydrogens (primary N) is 1. The number of nitrogens with zero attached hydrogens (tertiary/aromatic N) is 4. The zero-order chi connectivity index (χ0) is 33.2. The molecule has 1 heterocycles. The molecular formula is C36H44N8O3.